The summed E-state index contributed by atoms with van der Waals surface area (Å²) < 4.78 is 6.62. The maximum absolute atomic E-state index is 3.28. The fourth-order valence-electron chi connectivity index (χ4n) is 6.02. The molecule has 32 heavy (non-hydrogen) atoms. The van der Waals surface area contributed by atoms with Gasteiger partial charge in [0.05, 0.1) is 0 Å². The molecule has 0 N–H and O–H groups in total. The van der Waals surface area contributed by atoms with E-state index >= 15 is 0 Å². The van der Waals surface area contributed by atoms with Crippen LogP contribution in [0.4, 0.5) is 0 Å². The minimum atomic E-state index is -3.28. The molecule has 4 heteroatoms. The largest absolute Gasteiger partial charge is 0.147 e. The summed E-state index contributed by atoms with van der Waals surface area (Å²) in [5, 5.41) is 0. The van der Waals surface area contributed by atoms with E-state index in [0.29, 0.717) is 7.25 Å². The number of allylic oxidation sites excluding steroid dienone is 2. The molecular weight excluding hydrogens is 527 g/mol. The molecule has 0 aromatic heterocycles. The molecule has 0 saturated carbocycles. The predicted molar refractivity (Wildman–Crippen MR) is 146 cm³/mol. The van der Waals surface area contributed by atoms with Gasteiger partial charge in [-0.1, -0.05) is 0 Å². The van der Waals surface area contributed by atoms with Crippen LogP contribution >= 0.6 is 24.8 Å². The van der Waals surface area contributed by atoms with Crippen molar-refractivity contribution in [1.29, 1.82) is 0 Å². The maximum Gasteiger partial charge on any atom is -0.147 e. The van der Waals surface area contributed by atoms with Gasteiger partial charge in [-0.25, -0.2) is 0 Å². The minimum Gasteiger partial charge on any atom is -0.147 e. The van der Waals surface area contributed by atoms with Crippen LogP contribution in [0.15, 0.2) is 84.4 Å². The van der Waals surface area contributed by atoms with E-state index in [1.54, 1.807) is 16.7 Å². The Hall–Kier alpha value is -1.18. The van der Waals surface area contributed by atoms with Crippen molar-refractivity contribution in [1.82, 2.24) is 0 Å². The molecule has 0 fully saturated rings. The van der Waals surface area contributed by atoms with Crippen LogP contribution in [-0.2, 0) is 17.4 Å². The van der Waals surface area contributed by atoms with E-state index in [1.165, 1.54) is 22.3 Å². The fourth-order valence-corrected chi connectivity index (χ4v) is 23.6. The van der Waals surface area contributed by atoms with Crippen molar-refractivity contribution >= 4 is 43.8 Å². The second-order valence-electron chi connectivity index (χ2n) is 10.1. The summed E-state index contributed by atoms with van der Waals surface area (Å²) in [7, 11) is 0. The summed E-state index contributed by atoms with van der Waals surface area (Å²) in [6, 6.07) is 27.0. The molecule has 2 aliphatic rings. The van der Waals surface area contributed by atoms with Gasteiger partial charge in [-0.3, -0.25) is 0 Å². The second-order valence-corrected chi connectivity index (χ2v) is 40.7. The molecule has 5 rings (SSSR count). The first-order chi connectivity index (χ1) is 14.4. The molecule has 0 heterocycles. The number of benzene rings is 3. The molecule has 0 saturated heterocycles. The van der Waals surface area contributed by atoms with Crippen molar-refractivity contribution < 1.29 is 17.4 Å². The molecular formula is C28H32Cl2SiZr. The number of rotatable bonds is 4. The zero-order valence-corrected chi connectivity index (χ0v) is 24.6. The van der Waals surface area contributed by atoms with Gasteiger partial charge in [-0.2, -0.15) is 0 Å². The average Bonchev–Trinajstić information content (AvgIpc) is 3.36. The summed E-state index contributed by atoms with van der Waals surface area (Å²) in [5.41, 5.74) is 10.4. The van der Waals surface area contributed by atoms with E-state index in [0.717, 1.165) is 6.42 Å². The fraction of sp³-hybridized carbons (Fsp3) is 0.214. The van der Waals surface area contributed by atoms with Crippen molar-refractivity contribution in [2.45, 2.75) is 29.9 Å². The van der Waals surface area contributed by atoms with Gasteiger partial charge >= 0.3 is 184 Å². The van der Waals surface area contributed by atoms with Gasteiger partial charge < -0.3 is 0 Å². The Kier molecular flexibility index (Phi) is 7.33. The first-order valence-electron chi connectivity index (χ1n) is 11.1. The van der Waals surface area contributed by atoms with Crippen LogP contribution in [0, 0.1) is 0 Å². The van der Waals surface area contributed by atoms with Crippen molar-refractivity contribution in [3.63, 3.8) is 0 Å². The summed E-state index contributed by atoms with van der Waals surface area (Å²) in [5.74, 6) is 0. The first kappa shape index (κ1) is 25.4. The van der Waals surface area contributed by atoms with Gasteiger partial charge in [0.25, 0.3) is 0 Å². The summed E-state index contributed by atoms with van der Waals surface area (Å²) >= 11 is -3.28. The van der Waals surface area contributed by atoms with Gasteiger partial charge in [0, 0.05) is 0 Å². The van der Waals surface area contributed by atoms with Crippen LogP contribution in [0.5, 0.6) is 0 Å². The van der Waals surface area contributed by atoms with E-state index in [1.807, 2.05) is 0 Å². The second kappa shape index (κ2) is 9.22. The Bertz CT molecular complexity index is 1270. The molecule has 3 aromatic rings. The molecule has 2 aliphatic carbocycles. The minimum absolute atomic E-state index is 0. The zero-order chi connectivity index (χ0) is 21.0. The number of hydrogen-bond donors (Lipinski definition) is 0. The number of fused-ring (bicyclic) bond motifs is 2. The van der Waals surface area contributed by atoms with E-state index in [2.05, 4.69) is 114 Å². The number of hydrogen-bond acceptors (Lipinski definition) is 0. The Morgan fingerprint density at radius 3 is 2.19 bits per heavy atom. The SMILES string of the molecule is CCC1=Cc2c(-c3ccccc3)cccc2[CH]1[Zr]([CH3])([CH3])(=[SiH2])[CH]1C=Cc2ccccc21.Cl.Cl. The standard InChI is InChI=1S/C17H15.C9H7.2CH3.2ClH.H2Si.Zr/c1-2-13-11-15-9-6-10-16(17(15)12-13)14-7-4-3-5-8-14;1-2-5-9-7-3-6-8(9)4-1;;;;;;/h3-12H,2H2,1H3;1-7H;2*1H3;2*1H;1H2;. The van der Waals surface area contributed by atoms with Crippen LogP contribution < -0.4 is 0 Å². The molecule has 2 atom stereocenters. The summed E-state index contributed by atoms with van der Waals surface area (Å²) in [6.07, 6.45) is 8.59. The molecule has 2 unspecified atom stereocenters. The molecule has 3 aromatic carbocycles. The van der Waals surface area contributed by atoms with Crippen LogP contribution in [-0.4, -0.2) is 6.88 Å². The topological polar surface area (TPSA) is 0 Å². The Morgan fingerprint density at radius 1 is 0.812 bits per heavy atom. The van der Waals surface area contributed by atoms with Crippen LogP contribution in [0.1, 0.15) is 42.8 Å². The normalized spacial score (nSPS) is 18.8. The van der Waals surface area contributed by atoms with Crippen molar-refractivity contribution in [3.05, 3.63) is 107 Å². The molecule has 166 valence electrons. The van der Waals surface area contributed by atoms with Crippen molar-refractivity contribution in [2.75, 3.05) is 0 Å². The average molecular weight is 559 g/mol. The maximum atomic E-state index is 2.70. The third-order valence-corrected chi connectivity index (χ3v) is 25.0. The van der Waals surface area contributed by atoms with Crippen molar-refractivity contribution in [3.8, 4) is 11.1 Å². The van der Waals surface area contributed by atoms with Crippen LogP contribution in [0.2, 0.25) is 9.26 Å². The molecule has 0 spiro atoms. The molecule has 0 radical (unpaired) electrons. The molecule has 0 nitrogen and oxygen atoms in total. The van der Waals surface area contributed by atoms with Crippen LogP contribution in [0.25, 0.3) is 23.3 Å². The number of halogens is 2. The smallest absolute Gasteiger partial charge is 0.147 e. The third-order valence-electron chi connectivity index (χ3n) is 7.41. The Balaban J connectivity index is 0.00000144. The van der Waals surface area contributed by atoms with Crippen LogP contribution in [0.3, 0.4) is 0 Å². The Morgan fingerprint density at radius 2 is 1.47 bits per heavy atom. The summed E-state index contributed by atoms with van der Waals surface area (Å²) in [6.45, 7) is 4.76. The van der Waals surface area contributed by atoms with Gasteiger partial charge in [-0.15, -0.1) is 24.8 Å². The van der Waals surface area contributed by atoms with Gasteiger partial charge in [0.1, 0.15) is 0 Å². The third kappa shape index (κ3) is 3.98. The van der Waals surface area contributed by atoms with Gasteiger partial charge in [0.15, 0.2) is 0 Å². The van der Waals surface area contributed by atoms with E-state index in [9.17, 15) is 0 Å². The summed E-state index contributed by atoms with van der Waals surface area (Å²) in [4.78, 5) is 0. The van der Waals surface area contributed by atoms with E-state index in [4.69, 9.17) is 0 Å². The monoisotopic (exact) mass is 556 g/mol. The Labute approximate surface area is 207 Å². The molecule has 0 bridgehead atoms. The van der Waals surface area contributed by atoms with E-state index in [-0.39, 0.29) is 24.8 Å². The molecule has 0 aliphatic heterocycles. The first-order valence-corrected chi connectivity index (χ1v) is 24.8. The zero-order valence-electron chi connectivity index (χ0n) is 19.0. The van der Waals surface area contributed by atoms with Gasteiger partial charge in [-0.05, 0) is 0 Å². The molecule has 0 amide bonds. The predicted octanol–water partition coefficient (Wildman–Crippen LogP) is 8.15. The van der Waals surface area contributed by atoms with Crippen molar-refractivity contribution in [2.24, 2.45) is 0 Å². The van der Waals surface area contributed by atoms with E-state index < -0.39 is 17.4 Å². The van der Waals surface area contributed by atoms with Gasteiger partial charge in [0.2, 0.25) is 0 Å². The quantitative estimate of drug-likeness (QED) is 0.284.